The highest BCUT2D eigenvalue weighted by Crippen LogP contribution is 2.39. The maximum Gasteiger partial charge on any atom is 0.288 e. The van der Waals surface area contributed by atoms with E-state index < -0.39 is 4.92 Å². The topological polar surface area (TPSA) is 55.2 Å². The molecule has 0 heterocycles. The SMILES string of the molecule is CC(C)(NCc1ccc(Cl)c([N+](=O)[O-])c1)C1CC1. The van der Waals surface area contributed by atoms with Gasteiger partial charge in [-0.15, -0.1) is 0 Å². The third-order valence-corrected chi connectivity index (χ3v) is 3.87. The zero-order valence-electron chi connectivity index (χ0n) is 10.6. The first kappa shape index (κ1) is 13.3. The van der Waals surface area contributed by atoms with Crippen LogP contribution in [0.1, 0.15) is 32.3 Å². The summed E-state index contributed by atoms with van der Waals surface area (Å²) in [5.41, 5.74) is 0.953. The number of nitrogens with zero attached hydrogens (tertiary/aromatic N) is 1. The summed E-state index contributed by atoms with van der Waals surface area (Å²) in [6.45, 7) is 4.98. The molecule has 98 valence electrons. The molecular formula is C13H17ClN2O2. The minimum atomic E-state index is -0.447. The highest BCUT2D eigenvalue weighted by molar-refractivity contribution is 6.32. The lowest BCUT2D eigenvalue weighted by Gasteiger charge is -2.26. The average molecular weight is 269 g/mol. The van der Waals surface area contributed by atoms with Crippen LogP contribution in [0.2, 0.25) is 5.02 Å². The van der Waals surface area contributed by atoms with E-state index in [0.29, 0.717) is 6.54 Å². The lowest BCUT2D eigenvalue weighted by molar-refractivity contribution is -0.384. The van der Waals surface area contributed by atoms with E-state index in [4.69, 9.17) is 11.6 Å². The first-order chi connectivity index (χ1) is 8.40. The van der Waals surface area contributed by atoms with Crippen LogP contribution >= 0.6 is 11.6 Å². The summed E-state index contributed by atoms with van der Waals surface area (Å²) in [7, 11) is 0. The van der Waals surface area contributed by atoms with Gasteiger partial charge in [0.15, 0.2) is 0 Å². The molecule has 0 bridgehead atoms. The molecule has 0 aromatic heterocycles. The summed E-state index contributed by atoms with van der Waals surface area (Å²) in [6, 6.07) is 4.95. The summed E-state index contributed by atoms with van der Waals surface area (Å²) >= 11 is 5.78. The molecule has 1 fully saturated rings. The number of halogens is 1. The molecule has 0 saturated heterocycles. The molecule has 1 aliphatic carbocycles. The molecule has 0 radical (unpaired) electrons. The highest BCUT2D eigenvalue weighted by atomic mass is 35.5. The summed E-state index contributed by atoms with van der Waals surface area (Å²) in [6.07, 6.45) is 2.53. The number of hydrogen-bond acceptors (Lipinski definition) is 3. The third-order valence-electron chi connectivity index (χ3n) is 3.55. The molecule has 1 aromatic rings. The Kier molecular flexibility index (Phi) is 3.59. The van der Waals surface area contributed by atoms with Gasteiger partial charge in [-0.05, 0) is 44.2 Å². The van der Waals surface area contributed by atoms with Crippen molar-refractivity contribution in [3.8, 4) is 0 Å². The van der Waals surface area contributed by atoms with Gasteiger partial charge < -0.3 is 5.32 Å². The molecule has 1 saturated carbocycles. The fourth-order valence-corrected chi connectivity index (χ4v) is 2.27. The Labute approximate surface area is 111 Å². The molecule has 0 atom stereocenters. The Morgan fingerprint density at radius 2 is 2.17 bits per heavy atom. The average Bonchev–Trinajstić information content (AvgIpc) is 3.11. The Hall–Kier alpha value is -1.13. The van der Waals surface area contributed by atoms with Crippen molar-refractivity contribution in [3.63, 3.8) is 0 Å². The standard InChI is InChI=1S/C13H17ClN2O2/c1-13(2,10-4-5-10)15-8-9-3-6-11(14)12(7-9)16(17)18/h3,6-7,10,15H,4-5,8H2,1-2H3. The van der Waals surface area contributed by atoms with Crippen LogP contribution in [0.5, 0.6) is 0 Å². The molecule has 0 unspecified atom stereocenters. The Morgan fingerprint density at radius 3 is 2.72 bits per heavy atom. The molecule has 1 aliphatic rings. The van der Waals surface area contributed by atoms with Gasteiger partial charge in [-0.25, -0.2) is 0 Å². The molecule has 18 heavy (non-hydrogen) atoms. The predicted octanol–water partition coefficient (Wildman–Crippen LogP) is 3.53. The molecular weight excluding hydrogens is 252 g/mol. The second-order valence-corrected chi connectivity index (χ2v) is 5.80. The van der Waals surface area contributed by atoms with E-state index in [-0.39, 0.29) is 16.2 Å². The van der Waals surface area contributed by atoms with Gasteiger partial charge in [0.2, 0.25) is 0 Å². The molecule has 0 aliphatic heterocycles. The fourth-order valence-electron chi connectivity index (χ4n) is 2.09. The molecule has 1 N–H and O–H groups in total. The highest BCUT2D eigenvalue weighted by Gasteiger charge is 2.37. The Balaban J connectivity index is 2.05. The van der Waals surface area contributed by atoms with Gasteiger partial charge in [-0.2, -0.15) is 0 Å². The van der Waals surface area contributed by atoms with Crippen LogP contribution in [-0.4, -0.2) is 10.5 Å². The Bertz CT molecular complexity index is 470. The minimum Gasteiger partial charge on any atom is -0.307 e. The van der Waals surface area contributed by atoms with Gasteiger partial charge in [0.1, 0.15) is 5.02 Å². The summed E-state index contributed by atoms with van der Waals surface area (Å²) in [5, 5.41) is 14.4. The van der Waals surface area contributed by atoms with Gasteiger partial charge in [0.25, 0.3) is 5.69 Å². The van der Waals surface area contributed by atoms with E-state index in [1.165, 1.54) is 18.9 Å². The van der Waals surface area contributed by atoms with E-state index in [0.717, 1.165) is 11.5 Å². The molecule has 4 nitrogen and oxygen atoms in total. The summed E-state index contributed by atoms with van der Waals surface area (Å²) in [5.74, 6) is 0.722. The van der Waals surface area contributed by atoms with Crippen molar-refractivity contribution in [3.05, 3.63) is 38.9 Å². The lowest BCUT2D eigenvalue weighted by atomic mass is 9.98. The number of nitro benzene ring substituents is 1. The first-order valence-electron chi connectivity index (χ1n) is 6.08. The molecule has 1 aromatic carbocycles. The van der Waals surface area contributed by atoms with Crippen molar-refractivity contribution in [2.24, 2.45) is 5.92 Å². The molecule has 0 spiro atoms. The number of nitrogens with one attached hydrogen (secondary N) is 1. The van der Waals surface area contributed by atoms with Crippen LogP contribution < -0.4 is 5.32 Å². The number of nitro groups is 1. The maximum atomic E-state index is 10.8. The molecule has 0 amide bonds. The zero-order chi connectivity index (χ0) is 13.3. The normalized spacial score (nSPS) is 15.7. The van der Waals surface area contributed by atoms with Crippen molar-refractivity contribution < 1.29 is 4.92 Å². The van der Waals surface area contributed by atoms with Crippen LogP contribution in [0.15, 0.2) is 18.2 Å². The van der Waals surface area contributed by atoms with E-state index >= 15 is 0 Å². The van der Waals surface area contributed by atoms with Crippen LogP contribution in [0, 0.1) is 16.0 Å². The number of rotatable bonds is 5. The van der Waals surface area contributed by atoms with Crippen molar-refractivity contribution in [2.45, 2.75) is 38.8 Å². The second-order valence-electron chi connectivity index (χ2n) is 5.39. The largest absolute Gasteiger partial charge is 0.307 e. The van der Waals surface area contributed by atoms with Gasteiger partial charge in [0.05, 0.1) is 4.92 Å². The van der Waals surface area contributed by atoms with E-state index in [9.17, 15) is 10.1 Å². The zero-order valence-corrected chi connectivity index (χ0v) is 11.3. The van der Waals surface area contributed by atoms with Crippen molar-refractivity contribution in [1.29, 1.82) is 0 Å². The van der Waals surface area contributed by atoms with Crippen molar-refractivity contribution >= 4 is 17.3 Å². The quantitative estimate of drug-likeness (QED) is 0.657. The van der Waals surface area contributed by atoms with Gasteiger partial charge in [0, 0.05) is 18.2 Å². The second kappa shape index (κ2) is 4.86. The van der Waals surface area contributed by atoms with Crippen LogP contribution in [-0.2, 0) is 6.54 Å². The van der Waals surface area contributed by atoms with E-state index in [2.05, 4.69) is 19.2 Å². The number of hydrogen-bond donors (Lipinski definition) is 1. The molecule has 2 rings (SSSR count). The smallest absolute Gasteiger partial charge is 0.288 e. The fraction of sp³-hybridized carbons (Fsp3) is 0.538. The monoisotopic (exact) mass is 268 g/mol. The van der Waals surface area contributed by atoms with Crippen molar-refractivity contribution in [2.75, 3.05) is 0 Å². The van der Waals surface area contributed by atoms with Crippen LogP contribution in [0.3, 0.4) is 0 Å². The minimum absolute atomic E-state index is 0.0276. The Morgan fingerprint density at radius 1 is 1.50 bits per heavy atom. The van der Waals surface area contributed by atoms with Gasteiger partial charge >= 0.3 is 0 Å². The first-order valence-corrected chi connectivity index (χ1v) is 6.46. The number of benzene rings is 1. The van der Waals surface area contributed by atoms with Gasteiger partial charge in [-0.3, -0.25) is 10.1 Å². The van der Waals surface area contributed by atoms with E-state index in [1.54, 1.807) is 6.07 Å². The maximum absolute atomic E-state index is 10.8. The third kappa shape index (κ3) is 3.00. The predicted molar refractivity (Wildman–Crippen MR) is 71.7 cm³/mol. The van der Waals surface area contributed by atoms with Gasteiger partial charge in [-0.1, -0.05) is 17.7 Å². The molecule has 5 heteroatoms. The van der Waals surface area contributed by atoms with E-state index in [1.807, 2.05) is 6.07 Å². The lowest BCUT2D eigenvalue weighted by Crippen LogP contribution is -2.40. The van der Waals surface area contributed by atoms with Crippen LogP contribution in [0.4, 0.5) is 5.69 Å². The summed E-state index contributed by atoms with van der Waals surface area (Å²) < 4.78 is 0. The van der Waals surface area contributed by atoms with Crippen molar-refractivity contribution in [1.82, 2.24) is 5.32 Å². The van der Waals surface area contributed by atoms with Crippen LogP contribution in [0.25, 0.3) is 0 Å². The summed E-state index contributed by atoms with van der Waals surface area (Å²) in [4.78, 5) is 10.3.